The molecule has 1 saturated carbocycles. The molecule has 1 saturated heterocycles. The summed E-state index contributed by atoms with van der Waals surface area (Å²) in [6.45, 7) is -0.0441. The first-order chi connectivity index (χ1) is 10.3. The van der Waals surface area contributed by atoms with E-state index in [1.165, 1.54) is 0 Å². The van der Waals surface area contributed by atoms with Gasteiger partial charge in [0.1, 0.15) is 30.5 Å². The lowest BCUT2D eigenvalue weighted by Gasteiger charge is -2.45. The summed E-state index contributed by atoms with van der Waals surface area (Å²) in [5.41, 5.74) is 22.8. The first kappa shape index (κ1) is 17.9. The Balaban J connectivity index is 2.08. The maximum absolute atomic E-state index is 10.1. The molecule has 10 heteroatoms. The van der Waals surface area contributed by atoms with Gasteiger partial charge in [0.2, 0.25) is 0 Å². The van der Waals surface area contributed by atoms with E-state index in [9.17, 15) is 20.4 Å². The van der Waals surface area contributed by atoms with Crippen molar-refractivity contribution < 1.29 is 29.9 Å². The Morgan fingerprint density at radius 3 is 2.14 bits per heavy atom. The number of aliphatic hydroxyl groups is 4. The van der Waals surface area contributed by atoms with Gasteiger partial charge in [-0.1, -0.05) is 0 Å². The third-order valence-electron chi connectivity index (χ3n) is 4.36. The van der Waals surface area contributed by atoms with Crippen molar-refractivity contribution in [2.75, 3.05) is 6.54 Å². The average molecular weight is 322 g/mol. The molecular formula is C12H26N4O6. The molecule has 0 aromatic rings. The summed E-state index contributed by atoms with van der Waals surface area (Å²) in [5.74, 6) is 0. The molecule has 2 aliphatic rings. The van der Waals surface area contributed by atoms with E-state index in [0.29, 0.717) is 0 Å². The third-order valence-corrected chi connectivity index (χ3v) is 4.36. The number of hydrogen-bond donors (Lipinski definition) is 8. The fourth-order valence-electron chi connectivity index (χ4n) is 2.89. The van der Waals surface area contributed by atoms with E-state index in [1.54, 1.807) is 0 Å². The molecule has 0 unspecified atom stereocenters. The van der Waals surface area contributed by atoms with Crippen LogP contribution in [-0.2, 0) is 9.47 Å². The van der Waals surface area contributed by atoms with Crippen LogP contribution < -0.4 is 22.9 Å². The minimum Gasteiger partial charge on any atom is -0.389 e. The van der Waals surface area contributed by atoms with Gasteiger partial charge in [-0.3, -0.25) is 0 Å². The summed E-state index contributed by atoms with van der Waals surface area (Å²) in [5, 5.41) is 39.6. The van der Waals surface area contributed by atoms with E-state index in [4.69, 9.17) is 32.4 Å². The highest BCUT2D eigenvalue weighted by Crippen LogP contribution is 2.26. The normalized spacial score (nSPS) is 53.5. The highest BCUT2D eigenvalue weighted by molar-refractivity contribution is 4.99. The molecule has 0 amide bonds. The van der Waals surface area contributed by atoms with E-state index >= 15 is 0 Å². The van der Waals surface area contributed by atoms with Crippen LogP contribution in [0, 0.1) is 0 Å². The van der Waals surface area contributed by atoms with Crippen molar-refractivity contribution >= 4 is 0 Å². The smallest absolute Gasteiger partial charge is 0.176 e. The Kier molecular flexibility index (Phi) is 5.72. The van der Waals surface area contributed by atoms with Crippen LogP contribution in [0.4, 0.5) is 0 Å². The van der Waals surface area contributed by atoms with E-state index in [2.05, 4.69) is 0 Å². The molecule has 0 bridgehead atoms. The largest absolute Gasteiger partial charge is 0.389 e. The molecule has 1 aliphatic carbocycles. The zero-order valence-electron chi connectivity index (χ0n) is 12.1. The van der Waals surface area contributed by atoms with Gasteiger partial charge in [0.15, 0.2) is 6.29 Å². The van der Waals surface area contributed by atoms with Crippen LogP contribution in [-0.4, -0.2) is 88.0 Å². The lowest BCUT2D eigenvalue weighted by atomic mass is 9.84. The standard InChI is InChI=1S/C12H26N4O6/c13-2-5-8(18)9(19)6(16)12(21-5)22-11-4(15)1-3(14)7(17)10(11)20/h3-12,17-20H,1-2,13-16H2/t3-,4+,5+,6-,7-,8-,9-,10-,11-,12-/m1/s1. The SMILES string of the molecule is NC[C@@H]1O[C@H](O[C@H]2[C@H](O)[C@H](O)[C@H](N)C[C@@H]2N)[C@H](N)[C@@H](O)[C@@H]1O. The molecule has 0 radical (unpaired) electrons. The van der Waals surface area contributed by atoms with Crippen molar-refractivity contribution in [3.05, 3.63) is 0 Å². The van der Waals surface area contributed by atoms with Crippen molar-refractivity contribution in [3.8, 4) is 0 Å². The van der Waals surface area contributed by atoms with Gasteiger partial charge in [0.25, 0.3) is 0 Å². The van der Waals surface area contributed by atoms with Crippen LogP contribution in [0.15, 0.2) is 0 Å². The topological polar surface area (TPSA) is 203 Å². The second-order valence-corrected chi connectivity index (χ2v) is 5.98. The van der Waals surface area contributed by atoms with Gasteiger partial charge in [0.05, 0.1) is 12.1 Å². The Bertz CT molecular complexity index is 376. The van der Waals surface area contributed by atoms with Gasteiger partial charge >= 0.3 is 0 Å². The Hall–Kier alpha value is -0.400. The highest BCUT2D eigenvalue weighted by Gasteiger charge is 2.47. The maximum atomic E-state index is 10.1. The van der Waals surface area contributed by atoms with Crippen LogP contribution in [0.1, 0.15) is 6.42 Å². The fourth-order valence-corrected chi connectivity index (χ4v) is 2.89. The molecule has 0 aromatic carbocycles. The van der Waals surface area contributed by atoms with Crippen molar-refractivity contribution in [2.24, 2.45) is 22.9 Å². The van der Waals surface area contributed by atoms with Gasteiger partial charge in [-0.15, -0.1) is 0 Å². The first-order valence-corrected chi connectivity index (χ1v) is 7.28. The number of nitrogens with two attached hydrogens (primary N) is 4. The molecule has 12 N–H and O–H groups in total. The molecule has 22 heavy (non-hydrogen) atoms. The van der Waals surface area contributed by atoms with E-state index in [0.717, 1.165) is 0 Å². The van der Waals surface area contributed by atoms with Crippen LogP contribution >= 0.6 is 0 Å². The molecule has 2 rings (SSSR count). The summed E-state index contributed by atoms with van der Waals surface area (Å²) in [6, 6.07) is -2.34. The second kappa shape index (κ2) is 7.01. The minimum atomic E-state index is -1.31. The molecule has 1 aliphatic heterocycles. The molecular weight excluding hydrogens is 296 g/mol. The number of hydrogen-bond acceptors (Lipinski definition) is 10. The third kappa shape index (κ3) is 3.26. The van der Waals surface area contributed by atoms with Crippen LogP contribution in [0.2, 0.25) is 0 Å². The summed E-state index contributed by atoms with van der Waals surface area (Å²) < 4.78 is 11.0. The summed E-state index contributed by atoms with van der Waals surface area (Å²) in [6.07, 6.45) is -7.73. The molecule has 1 heterocycles. The molecule has 0 spiro atoms. The molecule has 2 fully saturated rings. The van der Waals surface area contributed by atoms with E-state index in [-0.39, 0.29) is 13.0 Å². The molecule has 10 atom stereocenters. The van der Waals surface area contributed by atoms with Crippen molar-refractivity contribution in [1.82, 2.24) is 0 Å². The van der Waals surface area contributed by atoms with Gasteiger partial charge in [-0.2, -0.15) is 0 Å². The summed E-state index contributed by atoms with van der Waals surface area (Å²) >= 11 is 0. The molecule has 10 nitrogen and oxygen atoms in total. The number of ether oxygens (including phenoxy) is 2. The highest BCUT2D eigenvalue weighted by atomic mass is 16.7. The van der Waals surface area contributed by atoms with Crippen molar-refractivity contribution in [3.63, 3.8) is 0 Å². The van der Waals surface area contributed by atoms with E-state index in [1.807, 2.05) is 0 Å². The van der Waals surface area contributed by atoms with Crippen molar-refractivity contribution in [2.45, 2.75) is 67.5 Å². The summed E-state index contributed by atoms with van der Waals surface area (Å²) in [4.78, 5) is 0. The monoisotopic (exact) mass is 322 g/mol. The van der Waals surface area contributed by atoms with Crippen molar-refractivity contribution in [1.29, 1.82) is 0 Å². The quantitative estimate of drug-likeness (QED) is 0.248. The molecule has 0 aromatic heterocycles. The Morgan fingerprint density at radius 2 is 1.55 bits per heavy atom. The number of aliphatic hydroxyl groups excluding tert-OH is 4. The lowest BCUT2D eigenvalue weighted by Crippen LogP contribution is -2.67. The van der Waals surface area contributed by atoms with Crippen LogP contribution in [0.3, 0.4) is 0 Å². The average Bonchev–Trinajstić information content (AvgIpc) is 2.49. The second-order valence-electron chi connectivity index (χ2n) is 5.98. The summed E-state index contributed by atoms with van der Waals surface area (Å²) in [7, 11) is 0. The van der Waals surface area contributed by atoms with Crippen LogP contribution in [0.5, 0.6) is 0 Å². The van der Waals surface area contributed by atoms with Gasteiger partial charge < -0.3 is 52.8 Å². The van der Waals surface area contributed by atoms with Gasteiger partial charge in [-0.25, -0.2) is 0 Å². The van der Waals surface area contributed by atoms with E-state index < -0.39 is 61.0 Å². The number of rotatable bonds is 3. The van der Waals surface area contributed by atoms with Crippen LogP contribution in [0.25, 0.3) is 0 Å². The predicted octanol–water partition coefficient (Wildman–Crippen LogP) is -5.12. The first-order valence-electron chi connectivity index (χ1n) is 7.28. The lowest BCUT2D eigenvalue weighted by molar-refractivity contribution is -0.287. The fraction of sp³-hybridized carbons (Fsp3) is 1.00. The maximum Gasteiger partial charge on any atom is 0.176 e. The Morgan fingerprint density at radius 1 is 0.909 bits per heavy atom. The zero-order valence-corrected chi connectivity index (χ0v) is 12.1. The minimum absolute atomic E-state index is 0.0441. The van der Waals surface area contributed by atoms with Gasteiger partial charge in [0, 0.05) is 18.6 Å². The molecule has 130 valence electrons. The van der Waals surface area contributed by atoms with Gasteiger partial charge in [-0.05, 0) is 6.42 Å². The zero-order chi connectivity index (χ0) is 16.6. The Labute approximate surface area is 128 Å². The predicted molar refractivity (Wildman–Crippen MR) is 75.2 cm³/mol.